The Kier molecular flexibility index (Phi) is 4.04. The second-order valence-electron chi connectivity index (χ2n) is 4.33. The number of ketones is 1. The Labute approximate surface area is 91.5 Å². The monoisotopic (exact) mass is 205 g/mol. The van der Waals surface area contributed by atoms with E-state index in [0.29, 0.717) is 12.8 Å². The van der Waals surface area contributed by atoms with Crippen LogP contribution in [-0.4, -0.2) is 11.8 Å². The van der Waals surface area contributed by atoms with Crippen molar-refractivity contribution in [2.75, 3.05) is 0 Å². The number of carbonyl (C=O) groups is 1. The van der Waals surface area contributed by atoms with Crippen molar-refractivity contribution in [3.8, 4) is 0 Å². The Morgan fingerprint density at radius 2 is 2.07 bits per heavy atom. The van der Waals surface area contributed by atoms with Crippen molar-refractivity contribution >= 4 is 5.78 Å². The van der Waals surface area contributed by atoms with E-state index in [2.05, 4.69) is 18.2 Å². The smallest absolute Gasteiger partial charge is 0.138 e. The summed E-state index contributed by atoms with van der Waals surface area (Å²) >= 11 is 0. The molecule has 0 bridgehead atoms. The van der Waals surface area contributed by atoms with Gasteiger partial charge in [-0.1, -0.05) is 23.8 Å². The predicted octanol–water partition coefficient (Wildman–Crippen LogP) is 2.15. The van der Waals surface area contributed by atoms with E-state index < -0.39 is 0 Å². The van der Waals surface area contributed by atoms with E-state index in [0.717, 1.165) is 5.56 Å². The molecule has 1 aromatic carbocycles. The molecule has 2 heteroatoms. The molecule has 0 aliphatic heterocycles. The highest BCUT2D eigenvalue weighted by atomic mass is 16.1. The van der Waals surface area contributed by atoms with E-state index >= 15 is 0 Å². The third-order valence-electron chi connectivity index (χ3n) is 2.44. The number of rotatable bonds is 4. The molecule has 82 valence electrons. The van der Waals surface area contributed by atoms with Crippen LogP contribution in [0, 0.1) is 13.8 Å². The summed E-state index contributed by atoms with van der Waals surface area (Å²) in [5.74, 6) is 0.221. The number of hydrogen-bond donors (Lipinski definition) is 1. The highest BCUT2D eigenvalue weighted by molar-refractivity contribution is 5.81. The Balaban J connectivity index is 2.71. The molecule has 0 fully saturated rings. The Hall–Kier alpha value is -1.15. The lowest BCUT2D eigenvalue weighted by Gasteiger charge is -2.07. The van der Waals surface area contributed by atoms with E-state index in [1.165, 1.54) is 11.1 Å². The van der Waals surface area contributed by atoms with Gasteiger partial charge in [-0.05, 0) is 31.9 Å². The molecule has 1 unspecified atom stereocenters. The Morgan fingerprint density at radius 1 is 1.40 bits per heavy atom. The summed E-state index contributed by atoms with van der Waals surface area (Å²) in [7, 11) is 0. The summed E-state index contributed by atoms with van der Waals surface area (Å²) in [6.07, 6.45) is 0.975. The molecule has 2 nitrogen and oxygen atoms in total. The predicted molar refractivity (Wildman–Crippen MR) is 62.9 cm³/mol. The zero-order valence-corrected chi connectivity index (χ0v) is 9.71. The normalized spacial score (nSPS) is 12.5. The quantitative estimate of drug-likeness (QED) is 0.818. The second kappa shape index (κ2) is 5.08. The molecule has 15 heavy (non-hydrogen) atoms. The first kappa shape index (κ1) is 11.9. The molecule has 0 saturated heterocycles. The molecule has 1 aromatic rings. The van der Waals surface area contributed by atoms with Gasteiger partial charge in [0, 0.05) is 18.9 Å². The summed E-state index contributed by atoms with van der Waals surface area (Å²) in [6, 6.07) is 6.16. The molecule has 1 atom stereocenters. The lowest BCUT2D eigenvalue weighted by atomic mass is 9.99. The van der Waals surface area contributed by atoms with Gasteiger partial charge in [0.15, 0.2) is 0 Å². The molecule has 0 amide bonds. The van der Waals surface area contributed by atoms with Gasteiger partial charge in [-0.3, -0.25) is 4.79 Å². The van der Waals surface area contributed by atoms with Crippen LogP contribution in [0.1, 0.15) is 30.0 Å². The van der Waals surface area contributed by atoms with E-state index in [9.17, 15) is 4.79 Å². The van der Waals surface area contributed by atoms with Gasteiger partial charge in [0.25, 0.3) is 0 Å². The first-order valence-electron chi connectivity index (χ1n) is 5.32. The Bertz CT molecular complexity index is 356. The third kappa shape index (κ3) is 3.84. The van der Waals surface area contributed by atoms with Crippen LogP contribution in [0.25, 0.3) is 0 Å². The first-order valence-corrected chi connectivity index (χ1v) is 5.32. The summed E-state index contributed by atoms with van der Waals surface area (Å²) < 4.78 is 0. The summed E-state index contributed by atoms with van der Waals surface area (Å²) in [5.41, 5.74) is 9.10. The maximum atomic E-state index is 11.6. The maximum absolute atomic E-state index is 11.6. The van der Waals surface area contributed by atoms with Crippen molar-refractivity contribution in [1.29, 1.82) is 0 Å². The molecule has 0 aromatic heterocycles. The van der Waals surface area contributed by atoms with E-state index in [-0.39, 0.29) is 11.8 Å². The standard InChI is InChI=1S/C13H19NO/c1-9-4-5-10(2)12(6-9)8-13(15)7-11(3)14/h4-6,11H,7-8,14H2,1-3H3. The van der Waals surface area contributed by atoms with Crippen molar-refractivity contribution in [2.45, 2.75) is 39.7 Å². The van der Waals surface area contributed by atoms with Crippen molar-refractivity contribution in [3.63, 3.8) is 0 Å². The topological polar surface area (TPSA) is 43.1 Å². The molecule has 0 radical (unpaired) electrons. The molecule has 0 heterocycles. The average Bonchev–Trinajstić information content (AvgIpc) is 2.10. The van der Waals surface area contributed by atoms with Crippen LogP contribution in [0.4, 0.5) is 0 Å². The number of benzene rings is 1. The Morgan fingerprint density at radius 3 is 2.67 bits per heavy atom. The van der Waals surface area contributed by atoms with Gasteiger partial charge in [-0.15, -0.1) is 0 Å². The minimum absolute atomic E-state index is 0.0392. The van der Waals surface area contributed by atoms with Crippen molar-refractivity contribution in [3.05, 3.63) is 34.9 Å². The molecule has 0 aliphatic carbocycles. The number of hydrogen-bond acceptors (Lipinski definition) is 2. The molecule has 0 saturated carbocycles. The van der Waals surface area contributed by atoms with Crippen molar-refractivity contribution < 1.29 is 4.79 Å². The molecule has 1 rings (SSSR count). The zero-order valence-electron chi connectivity index (χ0n) is 9.71. The van der Waals surface area contributed by atoms with Gasteiger partial charge in [0.2, 0.25) is 0 Å². The van der Waals surface area contributed by atoms with Gasteiger partial charge in [0.1, 0.15) is 5.78 Å². The van der Waals surface area contributed by atoms with Crippen LogP contribution in [0.5, 0.6) is 0 Å². The minimum atomic E-state index is -0.0392. The molecular formula is C13H19NO. The highest BCUT2D eigenvalue weighted by Gasteiger charge is 2.08. The van der Waals surface area contributed by atoms with Gasteiger partial charge >= 0.3 is 0 Å². The molecule has 2 N–H and O–H groups in total. The molecule has 0 spiro atoms. The lowest BCUT2D eigenvalue weighted by Crippen LogP contribution is -2.20. The summed E-state index contributed by atoms with van der Waals surface area (Å²) in [6.45, 7) is 5.94. The van der Waals surface area contributed by atoms with E-state index in [4.69, 9.17) is 5.73 Å². The lowest BCUT2D eigenvalue weighted by molar-refractivity contribution is -0.118. The van der Waals surface area contributed by atoms with Gasteiger partial charge in [-0.25, -0.2) is 0 Å². The average molecular weight is 205 g/mol. The van der Waals surface area contributed by atoms with Crippen LogP contribution >= 0.6 is 0 Å². The summed E-state index contributed by atoms with van der Waals surface area (Å²) in [4.78, 5) is 11.6. The molecule has 0 aliphatic rings. The van der Waals surface area contributed by atoms with Gasteiger partial charge < -0.3 is 5.73 Å². The maximum Gasteiger partial charge on any atom is 0.138 e. The van der Waals surface area contributed by atoms with Crippen LogP contribution in [0.2, 0.25) is 0 Å². The number of nitrogens with two attached hydrogens (primary N) is 1. The molecular weight excluding hydrogens is 186 g/mol. The largest absolute Gasteiger partial charge is 0.328 e. The fraction of sp³-hybridized carbons (Fsp3) is 0.462. The van der Waals surface area contributed by atoms with Crippen LogP contribution in [0.3, 0.4) is 0 Å². The van der Waals surface area contributed by atoms with Crippen molar-refractivity contribution in [1.82, 2.24) is 0 Å². The fourth-order valence-corrected chi connectivity index (χ4v) is 1.63. The van der Waals surface area contributed by atoms with Crippen LogP contribution in [0.15, 0.2) is 18.2 Å². The number of carbonyl (C=O) groups excluding carboxylic acids is 1. The SMILES string of the molecule is Cc1ccc(C)c(CC(=O)CC(C)N)c1. The van der Waals surface area contributed by atoms with Gasteiger partial charge in [0.05, 0.1) is 0 Å². The van der Waals surface area contributed by atoms with E-state index in [1.807, 2.05) is 20.8 Å². The van der Waals surface area contributed by atoms with Crippen LogP contribution < -0.4 is 5.73 Å². The van der Waals surface area contributed by atoms with E-state index in [1.54, 1.807) is 0 Å². The van der Waals surface area contributed by atoms with Gasteiger partial charge in [-0.2, -0.15) is 0 Å². The fourth-order valence-electron chi connectivity index (χ4n) is 1.63. The number of Topliss-reactive ketones (excluding diaryl/α,β-unsaturated/α-hetero) is 1. The first-order chi connectivity index (χ1) is 6.99. The zero-order chi connectivity index (χ0) is 11.4. The second-order valence-corrected chi connectivity index (χ2v) is 4.33. The number of aryl methyl sites for hydroxylation is 2. The van der Waals surface area contributed by atoms with Crippen LogP contribution in [-0.2, 0) is 11.2 Å². The third-order valence-corrected chi connectivity index (χ3v) is 2.44. The minimum Gasteiger partial charge on any atom is -0.328 e. The van der Waals surface area contributed by atoms with Crippen molar-refractivity contribution in [2.24, 2.45) is 5.73 Å². The summed E-state index contributed by atoms with van der Waals surface area (Å²) in [5, 5.41) is 0. The highest BCUT2D eigenvalue weighted by Crippen LogP contribution is 2.12.